The molecular formula is C14H30N2O2. The highest BCUT2D eigenvalue weighted by Crippen LogP contribution is 2.13. The lowest BCUT2D eigenvalue weighted by molar-refractivity contribution is -0.000353. The van der Waals surface area contributed by atoms with Crippen molar-refractivity contribution >= 4 is 0 Å². The van der Waals surface area contributed by atoms with E-state index in [9.17, 15) is 0 Å². The number of nitrogens with zero attached hydrogens (tertiary/aromatic N) is 1. The molecule has 0 aliphatic carbocycles. The molecule has 0 bridgehead atoms. The molecular weight excluding hydrogens is 228 g/mol. The molecule has 1 saturated heterocycles. The molecule has 1 rings (SSSR count). The lowest BCUT2D eigenvalue weighted by Gasteiger charge is -2.31. The molecule has 1 heterocycles. The Hall–Kier alpha value is -0.160. The summed E-state index contributed by atoms with van der Waals surface area (Å²) in [4.78, 5) is 2.48. The number of piperidine rings is 1. The highest BCUT2D eigenvalue weighted by atomic mass is 16.5. The normalized spacial score (nSPS) is 18.7. The SMILES string of the molecule is CC(C)COCCN1CCC(OCCCN)CC1. The van der Waals surface area contributed by atoms with Crippen LogP contribution in [0.25, 0.3) is 0 Å². The predicted molar refractivity (Wildman–Crippen MR) is 74.7 cm³/mol. The molecule has 0 aromatic heterocycles. The molecule has 1 aliphatic heterocycles. The summed E-state index contributed by atoms with van der Waals surface area (Å²) in [6, 6.07) is 0. The molecule has 4 nitrogen and oxygen atoms in total. The van der Waals surface area contributed by atoms with Gasteiger partial charge in [0.15, 0.2) is 0 Å². The number of hydrogen-bond acceptors (Lipinski definition) is 4. The third-order valence-corrected chi connectivity index (χ3v) is 3.24. The molecule has 1 fully saturated rings. The zero-order chi connectivity index (χ0) is 13.2. The Morgan fingerprint density at radius 2 is 1.94 bits per heavy atom. The first-order valence-corrected chi connectivity index (χ1v) is 7.34. The Kier molecular flexibility index (Phi) is 8.59. The van der Waals surface area contributed by atoms with Gasteiger partial charge in [-0.15, -0.1) is 0 Å². The minimum Gasteiger partial charge on any atom is -0.380 e. The van der Waals surface area contributed by atoms with Gasteiger partial charge in [0.05, 0.1) is 12.7 Å². The average molecular weight is 258 g/mol. The second-order valence-corrected chi connectivity index (χ2v) is 5.52. The van der Waals surface area contributed by atoms with Crippen molar-refractivity contribution in [2.45, 2.75) is 39.2 Å². The van der Waals surface area contributed by atoms with E-state index in [0.29, 0.717) is 12.0 Å². The van der Waals surface area contributed by atoms with Crippen molar-refractivity contribution in [3.63, 3.8) is 0 Å². The van der Waals surface area contributed by atoms with Gasteiger partial charge in [0, 0.05) is 32.8 Å². The van der Waals surface area contributed by atoms with Crippen LogP contribution in [0.1, 0.15) is 33.1 Å². The molecule has 2 N–H and O–H groups in total. The fraction of sp³-hybridized carbons (Fsp3) is 1.00. The Balaban J connectivity index is 1.98. The smallest absolute Gasteiger partial charge is 0.0599 e. The predicted octanol–water partition coefficient (Wildman–Crippen LogP) is 1.49. The second kappa shape index (κ2) is 9.73. The molecule has 1 aliphatic rings. The van der Waals surface area contributed by atoms with Crippen molar-refractivity contribution in [2.75, 3.05) is 46.0 Å². The van der Waals surface area contributed by atoms with Crippen LogP contribution in [0.4, 0.5) is 0 Å². The topological polar surface area (TPSA) is 47.7 Å². The molecule has 0 spiro atoms. The highest BCUT2D eigenvalue weighted by molar-refractivity contribution is 4.72. The van der Waals surface area contributed by atoms with E-state index in [2.05, 4.69) is 18.7 Å². The molecule has 0 radical (unpaired) electrons. The van der Waals surface area contributed by atoms with Gasteiger partial charge in [0.1, 0.15) is 0 Å². The van der Waals surface area contributed by atoms with Gasteiger partial charge in [-0.05, 0) is 31.7 Å². The lowest BCUT2D eigenvalue weighted by Crippen LogP contribution is -2.39. The van der Waals surface area contributed by atoms with Crippen molar-refractivity contribution in [2.24, 2.45) is 11.7 Å². The van der Waals surface area contributed by atoms with Gasteiger partial charge in [0.25, 0.3) is 0 Å². The van der Waals surface area contributed by atoms with Gasteiger partial charge in [-0.25, -0.2) is 0 Å². The van der Waals surface area contributed by atoms with Gasteiger partial charge in [-0.3, -0.25) is 0 Å². The summed E-state index contributed by atoms with van der Waals surface area (Å²) < 4.78 is 11.4. The van der Waals surface area contributed by atoms with E-state index >= 15 is 0 Å². The quantitative estimate of drug-likeness (QED) is 0.637. The largest absolute Gasteiger partial charge is 0.380 e. The van der Waals surface area contributed by atoms with Crippen LogP contribution in [-0.4, -0.2) is 57.0 Å². The minimum atomic E-state index is 0.449. The van der Waals surface area contributed by atoms with Gasteiger partial charge in [0.2, 0.25) is 0 Å². The Labute approximate surface area is 112 Å². The van der Waals surface area contributed by atoms with E-state index in [4.69, 9.17) is 15.2 Å². The van der Waals surface area contributed by atoms with Crippen LogP contribution in [0.2, 0.25) is 0 Å². The molecule has 0 aromatic rings. The van der Waals surface area contributed by atoms with Crippen molar-refractivity contribution in [3.05, 3.63) is 0 Å². The van der Waals surface area contributed by atoms with Crippen LogP contribution in [0.3, 0.4) is 0 Å². The first kappa shape index (κ1) is 15.9. The van der Waals surface area contributed by atoms with E-state index in [-0.39, 0.29) is 0 Å². The molecule has 0 saturated carbocycles. The van der Waals surface area contributed by atoms with E-state index in [0.717, 1.165) is 65.3 Å². The number of nitrogens with two attached hydrogens (primary N) is 1. The zero-order valence-electron chi connectivity index (χ0n) is 12.1. The number of likely N-dealkylation sites (tertiary alicyclic amines) is 1. The monoisotopic (exact) mass is 258 g/mol. The van der Waals surface area contributed by atoms with E-state index in [1.165, 1.54) is 0 Å². The number of rotatable bonds is 9. The van der Waals surface area contributed by atoms with Gasteiger partial charge >= 0.3 is 0 Å². The van der Waals surface area contributed by atoms with Gasteiger partial charge < -0.3 is 20.1 Å². The third-order valence-electron chi connectivity index (χ3n) is 3.24. The van der Waals surface area contributed by atoms with Crippen LogP contribution in [0.15, 0.2) is 0 Å². The molecule has 0 amide bonds. The van der Waals surface area contributed by atoms with E-state index < -0.39 is 0 Å². The van der Waals surface area contributed by atoms with Gasteiger partial charge in [-0.1, -0.05) is 13.8 Å². The van der Waals surface area contributed by atoms with E-state index in [1.54, 1.807) is 0 Å². The van der Waals surface area contributed by atoms with Crippen molar-refractivity contribution in [3.8, 4) is 0 Å². The summed E-state index contributed by atoms with van der Waals surface area (Å²) in [5.74, 6) is 0.631. The third kappa shape index (κ3) is 7.31. The summed E-state index contributed by atoms with van der Waals surface area (Å²) in [5.41, 5.74) is 5.45. The Morgan fingerprint density at radius 1 is 1.22 bits per heavy atom. The Bertz CT molecular complexity index is 192. The first-order chi connectivity index (χ1) is 8.72. The maximum atomic E-state index is 5.79. The number of hydrogen-bond donors (Lipinski definition) is 1. The lowest BCUT2D eigenvalue weighted by atomic mass is 10.1. The molecule has 4 heteroatoms. The maximum absolute atomic E-state index is 5.79. The summed E-state index contributed by atoms with van der Waals surface area (Å²) in [7, 11) is 0. The molecule has 18 heavy (non-hydrogen) atoms. The minimum absolute atomic E-state index is 0.449. The Morgan fingerprint density at radius 3 is 2.56 bits per heavy atom. The zero-order valence-corrected chi connectivity index (χ0v) is 12.1. The average Bonchev–Trinajstić information content (AvgIpc) is 2.36. The fourth-order valence-electron chi connectivity index (χ4n) is 2.15. The standard InChI is InChI=1S/C14H30N2O2/c1-13(2)12-17-11-9-16-7-4-14(5-8-16)18-10-3-6-15/h13-14H,3-12,15H2,1-2H3. The molecule has 0 aromatic carbocycles. The highest BCUT2D eigenvalue weighted by Gasteiger charge is 2.18. The maximum Gasteiger partial charge on any atom is 0.0599 e. The summed E-state index contributed by atoms with van der Waals surface area (Å²) >= 11 is 0. The second-order valence-electron chi connectivity index (χ2n) is 5.52. The van der Waals surface area contributed by atoms with Crippen molar-refractivity contribution in [1.82, 2.24) is 4.90 Å². The first-order valence-electron chi connectivity index (χ1n) is 7.34. The van der Waals surface area contributed by atoms with Crippen LogP contribution >= 0.6 is 0 Å². The van der Waals surface area contributed by atoms with E-state index in [1.807, 2.05) is 0 Å². The van der Waals surface area contributed by atoms with Crippen LogP contribution in [-0.2, 0) is 9.47 Å². The van der Waals surface area contributed by atoms with Crippen molar-refractivity contribution < 1.29 is 9.47 Å². The summed E-state index contributed by atoms with van der Waals surface area (Å²) in [6.45, 7) is 11.0. The molecule has 0 atom stereocenters. The summed E-state index contributed by atoms with van der Waals surface area (Å²) in [5, 5.41) is 0. The van der Waals surface area contributed by atoms with Crippen LogP contribution in [0, 0.1) is 5.92 Å². The molecule has 108 valence electrons. The number of ether oxygens (including phenoxy) is 2. The summed E-state index contributed by atoms with van der Waals surface area (Å²) in [6.07, 6.45) is 3.72. The van der Waals surface area contributed by atoms with Crippen molar-refractivity contribution in [1.29, 1.82) is 0 Å². The van der Waals surface area contributed by atoms with Crippen LogP contribution in [0.5, 0.6) is 0 Å². The fourth-order valence-corrected chi connectivity index (χ4v) is 2.15. The molecule has 0 unspecified atom stereocenters. The van der Waals surface area contributed by atoms with Crippen LogP contribution < -0.4 is 5.73 Å². The van der Waals surface area contributed by atoms with Gasteiger partial charge in [-0.2, -0.15) is 0 Å².